The van der Waals surface area contributed by atoms with Gasteiger partial charge in [0.25, 0.3) is 0 Å². The van der Waals surface area contributed by atoms with Crippen molar-refractivity contribution < 1.29 is 0 Å². The minimum Gasteiger partial charge on any atom is -0.331 e. The van der Waals surface area contributed by atoms with Crippen LogP contribution in [0.1, 0.15) is 44.0 Å². The molecule has 0 aliphatic heterocycles. The van der Waals surface area contributed by atoms with Crippen molar-refractivity contribution in [1.29, 1.82) is 0 Å². The van der Waals surface area contributed by atoms with Crippen molar-refractivity contribution in [2.45, 2.75) is 39.2 Å². The molecule has 0 amide bonds. The van der Waals surface area contributed by atoms with Crippen LogP contribution in [0.2, 0.25) is 0 Å². The zero-order valence-electron chi connectivity index (χ0n) is 10.9. The van der Waals surface area contributed by atoms with Crippen molar-refractivity contribution in [3.63, 3.8) is 0 Å². The third-order valence-electron chi connectivity index (χ3n) is 3.57. The Hall–Kier alpha value is -1.35. The summed E-state index contributed by atoms with van der Waals surface area (Å²) in [4.78, 5) is 4.75. The van der Waals surface area contributed by atoms with Gasteiger partial charge in [0, 0.05) is 19.5 Å². The highest BCUT2D eigenvalue weighted by atomic mass is 15.1. The van der Waals surface area contributed by atoms with Crippen molar-refractivity contribution in [3.05, 3.63) is 29.6 Å². The van der Waals surface area contributed by atoms with Crippen LogP contribution in [0.3, 0.4) is 0 Å². The molecule has 2 rings (SSSR count). The molecule has 3 heteroatoms. The van der Waals surface area contributed by atoms with Gasteiger partial charge in [0.05, 0.1) is 11.0 Å². The normalized spacial score (nSPS) is 11.6. The monoisotopic (exact) mass is 231 g/mol. The Morgan fingerprint density at radius 3 is 2.59 bits per heavy atom. The first-order chi connectivity index (χ1) is 8.21. The molecule has 0 fully saturated rings. The van der Waals surface area contributed by atoms with Gasteiger partial charge >= 0.3 is 0 Å². The first-order valence-electron chi connectivity index (χ1n) is 6.36. The highest BCUT2D eigenvalue weighted by molar-refractivity contribution is 5.77. The van der Waals surface area contributed by atoms with Crippen LogP contribution in [-0.4, -0.2) is 9.55 Å². The molecule has 17 heavy (non-hydrogen) atoms. The summed E-state index contributed by atoms with van der Waals surface area (Å²) in [5.74, 6) is 1.74. The van der Waals surface area contributed by atoms with Crippen molar-refractivity contribution >= 4 is 11.0 Å². The second-order valence-corrected chi connectivity index (χ2v) is 4.57. The molecule has 0 atom stereocenters. The standard InChI is InChI=1S/C14H21N3/c1-4-11(5-2)14-16-12-7-6-10(9-15)8-13(12)17(14)3/h6-8,11H,4-5,9,15H2,1-3H3. The molecule has 2 N–H and O–H groups in total. The van der Waals surface area contributed by atoms with Gasteiger partial charge in [-0.25, -0.2) is 4.98 Å². The van der Waals surface area contributed by atoms with Crippen LogP contribution in [0.25, 0.3) is 11.0 Å². The van der Waals surface area contributed by atoms with E-state index in [4.69, 9.17) is 10.7 Å². The number of fused-ring (bicyclic) bond motifs is 1. The number of hydrogen-bond acceptors (Lipinski definition) is 2. The number of hydrogen-bond donors (Lipinski definition) is 1. The van der Waals surface area contributed by atoms with E-state index in [1.807, 2.05) is 0 Å². The van der Waals surface area contributed by atoms with E-state index in [9.17, 15) is 0 Å². The fourth-order valence-electron chi connectivity index (χ4n) is 2.40. The summed E-state index contributed by atoms with van der Waals surface area (Å²) < 4.78 is 2.21. The molecule has 0 saturated carbocycles. The highest BCUT2D eigenvalue weighted by Gasteiger charge is 2.15. The zero-order valence-corrected chi connectivity index (χ0v) is 10.9. The van der Waals surface area contributed by atoms with Gasteiger partial charge in [-0.15, -0.1) is 0 Å². The van der Waals surface area contributed by atoms with Gasteiger partial charge in [-0.2, -0.15) is 0 Å². The van der Waals surface area contributed by atoms with Crippen LogP contribution in [0.5, 0.6) is 0 Å². The molecule has 1 aromatic heterocycles. The Labute approximate surface area is 103 Å². The Balaban J connectivity index is 2.56. The Morgan fingerprint density at radius 2 is 2.00 bits per heavy atom. The quantitative estimate of drug-likeness (QED) is 0.879. The minimum absolute atomic E-state index is 0.550. The van der Waals surface area contributed by atoms with Gasteiger partial charge in [0.15, 0.2) is 0 Å². The summed E-state index contributed by atoms with van der Waals surface area (Å²) in [5.41, 5.74) is 9.11. The van der Waals surface area contributed by atoms with Crippen molar-refractivity contribution in [1.82, 2.24) is 9.55 Å². The van der Waals surface area contributed by atoms with Gasteiger partial charge in [-0.1, -0.05) is 19.9 Å². The second-order valence-electron chi connectivity index (χ2n) is 4.57. The van der Waals surface area contributed by atoms with E-state index in [1.165, 1.54) is 11.3 Å². The summed E-state index contributed by atoms with van der Waals surface area (Å²) >= 11 is 0. The Morgan fingerprint density at radius 1 is 1.29 bits per heavy atom. The molecule has 3 nitrogen and oxygen atoms in total. The van der Waals surface area contributed by atoms with Crippen LogP contribution in [0.4, 0.5) is 0 Å². The van der Waals surface area contributed by atoms with Crippen LogP contribution >= 0.6 is 0 Å². The third-order valence-corrected chi connectivity index (χ3v) is 3.57. The van der Waals surface area contributed by atoms with Gasteiger partial charge in [-0.05, 0) is 30.5 Å². The second kappa shape index (κ2) is 4.88. The van der Waals surface area contributed by atoms with Gasteiger partial charge in [0.1, 0.15) is 5.82 Å². The van der Waals surface area contributed by atoms with E-state index in [-0.39, 0.29) is 0 Å². The molecule has 0 bridgehead atoms. The molecule has 0 saturated heterocycles. The maximum Gasteiger partial charge on any atom is 0.112 e. The lowest BCUT2D eigenvalue weighted by molar-refractivity contribution is 0.582. The van der Waals surface area contributed by atoms with Gasteiger partial charge in [0.2, 0.25) is 0 Å². The number of imidazole rings is 1. The largest absolute Gasteiger partial charge is 0.331 e. The molecular weight excluding hydrogens is 210 g/mol. The fraction of sp³-hybridized carbons (Fsp3) is 0.500. The number of nitrogens with two attached hydrogens (primary N) is 1. The first kappa shape index (κ1) is 12.1. The topological polar surface area (TPSA) is 43.8 Å². The summed E-state index contributed by atoms with van der Waals surface area (Å²) in [5, 5.41) is 0. The summed E-state index contributed by atoms with van der Waals surface area (Å²) in [6, 6.07) is 6.28. The maximum atomic E-state index is 5.68. The number of aryl methyl sites for hydroxylation is 1. The van der Waals surface area contributed by atoms with Crippen molar-refractivity contribution in [3.8, 4) is 0 Å². The van der Waals surface area contributed by atoms with Crippen LogP contribution in [0, 0.1) is 0 Å². The summed E-state index contributed by atoms with van der Waals surface area (Å²) in [7, 11) is 2.10. The average molecular weight is 231 g/mol. The van der Waals surface area contributed by atoms with Gasteiger partial charge in [-0.3, -0.25) is 0 Å². The van der Waals surface area contributed by atoms with E-state index in [2.05, 4.69) is 43.7 Å². The minimum atomic E-state index is 0.550. The predicted octanol–water partition coefficient (Wildman–Crippen LogP) is 2.94. The van der Waals surface area contributed by atoms with E-state index >= 15 is 0 Å². The molecule has 0 unspecified atom stereocenters. The smallest absolute Gasteiger partial charge is 0.112 e. The van der Waals surface area contributed by atoms with Crippen LogP contribution < -0.4 is 5.73 Å². The summed E-state index contributed by atoms with van der Waals surface area (Å²) in [6.07, 6.45) is 2.27. The lowest BCUT2D eigenvalue weighted by atomic mass is 10.0. The molecule has 1 heterocycles. The lowest BCUT2D eigenvalue weighted by Crippen LogP contribution is -2.04. The Bertz CT molecular complexity index is 509. The number of nitrogens with zero attached hydrogens (tertiary/aromatic N) is 2. The molecule has 1 aromatic carbocycles. The number of aromatic nitrogens is 2. The molecule has 0 radical (unpaired) electrons. The highest BCUT2D eigenvalue weighted by Crippen LogP contribution is 2.26. The molecular formula is C14H21N3. The van der Waals surface area contributed by atoms with Crippen LogP contribution in [0.15, 0.2) is 18.2 Å². The van der Waals surface area contributed by atoms with E-state index in [1.54, 1.807) is 0 Å². The Kier molecular flexibility index (Phi) is 3.48. The van der Waals surface area contributed by atoms with E-state index in [0.29, 0.717) is 12.5 Å². The van der Waals surface area contributed by atoms with E-state index < -0.39 is 0 Å². The predicted molar refractivity (Wildman–Crippen MR) is 71.9 cm³/mol. The average Bonchev–Trinajstić information content (AvgIpc) is 2.68. The maximum absolute atomic E-state index is 5.68. The SMILES string of the molecule is CCC(CC)c1nc2ccc(CN)cc2n1C. The molecule has 0 aliphatic carbocycles. The van der Waals surface area contributed by atoms with E-state index in [0.717, 1.165) is 23.9 Å². The molecule has 0 aliphatic rings. The lowest BCUT2D eigenvalue weighted by Gasteiger charge is -2.11. The number of benzene rings is 1. The van der Waals surface area contributed by atoms with Crippen LogP contribution in [-0.2, 0) is 13.6 Å². The number of rotatable bonds is 4. The molecule has 0 spiro atoms. The van der Waals surface area contributed by atoms with Crippen molar-refractivity contribution in [2.24, 2.45) is 12.8 Å². The zero-order chi connectivity index (χ0) is 12.4. The fourth-order valence-corrected chi connectivity index (χ4v) is 2.40. The van der Waals surface area contributed by atoms with Crippen molar-refractivity contribution in [2.75, 3.05) is 0 Å². The first-order valence-corrected chi connectivity index (χ1v) is 6.36. The van der Waals surface area contributed by atoms with Gasteiger partial charge < -0.3 is 10.3 Å². The summed E-state index contributed by atoms with van der Waals surface area (Å²) in [6.45, 7) is 5.03. The molecule has 2 aromatic rings. The molecule has 92 valence electrons. The third kappa shape index (κ3) is 2.07.